The minimum absolute atomic E-state index is 0.0105. The lowest BCUT2D eigenvalue weighted by atomic mass is 10.3. The third kappa shape index (κ3) is 2.67. The second-order valence-corrected chi connectivity index (χ2v) is 4.82. The Balaban J connectivity index is 2.19. The van der Waals surface area contributed by atoms with Gasteiger partial charge in [-0.3, -0.25) is 10.1 Å². The number of hydrogen-bond donors (Lipinski definition) is 2. The van der Waals surface area contributed by atoms with Gasteiger partial charge in [0.2, 0.25) is 0 Å². The number of nitrogens with two attached hydrogens (primary N) is 1. The van der Waals surface area contributed by atoms with Gasteiger partial charge in [0.05, 0.1) is 17.1 Å². The number of hydrogen-bond acceptors (Lipinski definition) is 6. The second kappa shape index (κ2) is 4.77. The lowest BCUT2D eigenvalue weighted by molar-refractivity contribution is -0.384. The van der Waals surface area contributed by atoms with Gasteiger partial charge in [0, 0.05) is 13.6 Å². The van der Waals surface area contributed by atoms with Gasteiger partial charge >= 0.3 is 0 Å². The van der Waals surface area contributed by atoms with Crippen LogP contribution in [0.2, 0.25) is 0 Å². The quantitative estimate of drug-likeness (QED) is 0.466. The molecule has 1 aliphatic carbocycles. The van der Waals surface area contributed by atoms with Crippen LogP contribution in [0.3, 0.4) is 0 Å². The van der Waals surface area contributed by atoms with Crippen LogP contribution in [0.4, 0.5) is 17.3 Å². The Morgan fingerprint density at radius 1 is 1.67 bits per heavy atom. The van der Waals surface area contributed by atoms with Crippen LogP contribution in [0.15, 0.2) is 12.1 Å². The van der Waals surface area contributed by atoms with Crippen LogP contribution in [0, 0.1) is 22.0 Å². The molecule has 1 fully saturated rings. The lowest BCUT2D eigenvalue weighted by Gasteiger charge is -2.18. The summed E-state index contributed by atoms with van der Waals surface area (Å²) < 4.78 is 0. The highest BCUT2D eigenvalue weighted by atomic mass is 16.6. The zero-order chi connectivity index (χ0) is 13.3. The Bertz CT molecular complexity index is 465. The molecule has 0 aromatic carbocycles. The van der Waals surface area contributed by atoms with Gasteiger partial charge in [0.25, 0.3) is 5.69 Å². The minimum Gasteiger partial charge on any atom is -0.359 e. The number of nitrogens with zero attached hydrogens (tertiary/aromatic N) is 3. The van der Waals surface area contributed by atoms with E-state index in [1.807, 2.05) is 11.9 Å². The van der Waals surface area contributed by atoms with Gasteiger partial charge in [-0.25, -0.2) is 10.8 Å². The minimum atomic E-state index is -0.445. The maximum atomic E-state index is 10.8. The second-order valence-electron chi connectivity index (χ2n) is 4.82. The first-order chi connectivity index (χ1) is 8.51. The topological polar surface area (TPSA) is 97.3 Å². The van der Waals surface area contributed by atoms with Crippen molar-refractivity contribution in [3.63, 3.8) is 0 Å². The molecular formula is C11H17N5O2. The maximum absolute atomic E-state index is 10.8. The first kappa shape index (κ1) is 12.6. The molecule has 2 atom stereocenters. The number of nitrogen functional groups attached to an aromatic ring is 1. The smallest absolute Gasteiger partial charge is 0.276 e. The summed E-state index contributed by atoms with van der Waals surface area (Å²) >= 11 is 0. The fourth-order valence-electron chi connectivity index (χ4n) is 1.98. The van der Waals surface area contributed by atoms with Gasteiger partial charge in [-0.05, 0) is 18.3 Å². The molecule has 0 aliphatic heterocycles. The number of nitrogens with one attached hydrogen (secondary N) is 1. The maximum Gasteiger partial charge on any atom is 0.276 e. The Labute approximate surface area is 105 Å². The van der Waals surface area contributed by atoms with Crippen molar-refractivity contribution >= 4 is 17.3 Å². The Morgan fingerprint density at radius 3 is 2.83 bits per heavy atom. The SMILES string of the molecule is CC1CC1CN(C)c1cc([N+](=O)[O-])cc(NN)n1. The molecule has 1 aromatic rings. The van der Waals surface area contributed by atoms with Gasteiger partial charge in [-0.15, -0.1) is 0 Å². The summed E-state index contributed by atoms with van der Waals surface area (Å²) in [6, 6.07) is 2.78. The van der Waals surface area contributed by atoms with Crippen molar-refractivity contribution in [3.8, 4) is 0 Å². The molecule has 0 saturated heterocycles. The van der Waals surface area contributed by atoms with Crippen LogP contribution in [0.5, 0.6) is 0 Å². The van der Waals surface area contributed by atoms with Crippen LogP contribution in [-0.4, -0.2) is 23.5 Å². The van der Waals surface area contributed by atoms with E-state index in [1.54, 1.807) is 0 Å². The van der Waals surface area contributed by atoms with Crippen LogP contribution in [-0.2, 0) is 0 Å². The summed E-state index contributed by atoms with van der Waals surface area (Å²) in [6.07, 6.45) is 1.21. The highest BCUT2D eigenvalue weighted by Gasteiger charge is 2.33. The predicted molar refractivity (Wildman–Crippen MR) is 69.2 cm³/mol. The number of anilines is 2. The number of rotatable bonds is 5. The average Bonchev–Trinajstić information content (AvgIpc) is 3.04. The summed E-state index contributed by atoms with van der Waals surface area (Å²) in [7, 11) is 1.89. The molecule has 1 aromatic heterocycles. The largest absolute Gasteiger partial charge is 0.359 e. The molecule has 2 unspecified atom stereocenters. The standard InChI is InChI=1S/C11H17N5O2/c1-7-3-8(7)6-15(2)11-5-9(16(17)18)4-10(13-11)14-12/h4-5,7-8H,3,6,12H2,1-2H3,(H,13,14). The molecule has 1 heterocycles. The average molecular weight is 251 g/mol. The number of nitro groups is 1. The van der Waals surface area contributed by atoms with Crippen LogP contribution in [0.25, 0.3) is 0 Å². The van der Waals surface area contributed by atoms with Crippen molar-refractivity contribution in [3.05, 3.63) is 22.2 Å². The molecular weight excluding hydrogens is 234 g/mol. The summed E-state index contributed by atoms with van der Waals surface area (Å²) in [6.45, 7) is 3.06. The third-order valence-corrected chi connectivity index (χ3v) is 3.33. The molecule has 7 nitrogen and oxygen atoms in total. The van der Waals surface area contributed by atoms with E-state index in [-0.39, 0.29) is 5.69 Å². The van der Waals surface area contributed by atoms with Crippen molar-refractivity contribution in [2.45, 2.75) is 13.3 Å². The first-order valence-corrected chi connectivity index (χ1v) is 5.85. The van der Waals surface area contributed by atoms with Crippen molar-refractivity contribution < 1.29 is 4.92 Å². The van der Waals surface area contributed by atoms with Gasteiger partial charge in [0.15, 0.2) is 0 Å². The molecule has 0 radical (unpaired) electrons. The van der Waals surface area contributed by atoms with Gasteiger partial charge in [-0.1, -0.05) is 6.92 Å². The molecule has 0 bridgehead atoms. The van der Waals surface area contributed by atoms with Crippen molar-refractivity contribution in [1.29, 1.82) is 0 Å². The monoisotopic (exact) mass is 251 g/mol. The van der Waals surface area contributed by atoms with E-state index in [1.165, 1.54) is 18.6 Å². The lowest BCUT2D eigenvalue weighted by Crippen LogP contribution is -2.22. The highest BCUT2D eigenvalue weighted by Crippen LogP contribution is 2.38. The number of pyridine rings is 1. The van der Waals surface area contributed by atoms with Gasteiger partial charge in [-0.2, -0.15) is 0 Å². The highest BCUT2D eigenvalue weighted by molar-refractivity contribution is 5.55. The van der Waals surface area contributed by atoms with E-state index in [2.05, 4.69) is 17.3 Å². The zero-order valence-corrected chi connectivity index (χ0v) is 10.5. The van der Waals surface area contributed by atoms with Gasteiger partial charge < -0.3 is 10.3 Å². The Kier molecular flexibility index (Phi) is 3.33. The molecule has 7 heteroatoms. The summed E-state index contributed by atoms with van der Waals surface area (Å²) in [4.78, 5) is 16.5. The first-order valence-electron chi connectivity index (χ1n) is 5.85. The molecule has 3 N–H and O–H groups in total. The van der Waals surface area contributed by atoms with E-state index >= 15 is 0 Å². The van der Waals surface area contributed by atoms with Crippen molar-refractivity contribution in [1.82, 2.24) is 4.98 Å². The summed E-state index contributed by atoms with van der Waals surface area (Å²) in [5.41, 5.74) is 2.34. The van der Waals surface area contributed by atoms with E-state index in [4.69, 9.17) is 5.84 Å². The normalized spacial score (nSPS) is 21.5. The van der Waals surface area contributed by atoms with Crippen molar-refractivity contribution in [2.75, 3.05) is 23.9 Å². The molecule has 1 saturated carbocycles. The Hall–Kier alpha value is -1.89. The van der Waals surface area contributed by atoms with E-state index in [0.29, 0.717) is 17.6 Å². The molecule has 1 aliphatic rings. The zero-order valence-electron chi connectivity index (χ0n) is 10.5. The molecule has 98 valence electrons. The molecule has 0 spiro atoms. The molecule has 18 heavy (non-hydrogen) atoms. The number of hydrazine groups is 1. The van der Waals surface area contributed by atoms with E-state index < -0.39 is 4.92 Å². The molecule has 2 rings (SSSR count). The predicted octanol–water partition coefficient (Wildman–Crippen LogP) is 1.37. The summed E-state index contributed by atoms with van der Waals surface area (Å²) in [5, 5.41) is 10.8. The van der Waals surface area contributed by atoms with Crippen molar-refractivity contribution in [2.24, 2.45) is 17.7 Å². The van der Waals surface area contributed by atoms with Gasteiger partial charge in [0.1, 0.15) is 11.6 Å². The third-order valence-electron chi connectivity index (χ3n) is 3.33. The van der Waals surface area contributed by atoms with Crippen LogP contribution in [0.1, 0.15) is 13.3 Å². The fourth-order valence-corrected chi connectivity index (χ4v) is 1.98. The number of aromatic nitrogens is 1. The van der Waals surface area contributed by atoms with E-state index in [0.717, 1.165) is 12.5 Å². The Morgan fingerprint density at radius 2 is 2.33 bits per heavy atom. The van der Waals surface area contributed by atoms with Crippen LogP contribution >= 0.6 is 0 Å². The fraction of sp³-hybridized carbons (Fsp3) is 0.545. The van der Waals surface area contributed by atoms with E-state index in [9.17, 15) is 10.1 Å². The summed E-state index contributed by atoms with van der Waals surface area (Å²) in [5.74, 6) is 7.53. The molecule has 0 amide bonds. The van der Waals surface area contributed by atoms with Crippen LogP contribution < -0.4 is 16.2 Å².